The van der Waals surface area contributed by atoms with Gasteiger partial charge in [0.15, 0.2) is 16.7 Å². The smallest absolute Gasteiger partial charge is 0.400 e. The van der Waals surface area contributed by atoms with E-state index < -0.39 is 37.9 Å². The van der Waals surface area contributed by atoms with Gasteiger partial charge in [-0.1, -0.05) is 18.2 Å². The summed E-state index contributed by atoms with van der Waals surface area (Å²) in [5.74, 6) is 0. The third-order valence-corrected chi connectivity index (χ3v) is 6.14. The molecule has 31 heavy (non-hydrogen) atoms. The lowest BCUT2D eigenvalue weighted by molar-refractivity contribution is -0.894. The fraction of sp³-hybridized carbons (Fsp3) is 0.600. The lowest BCUT2D eigenvalue weighted by atomic mass is 10.4. The van der Waals surface area contributed by atoms with Crippen LogP contribution in [-0.2, 0) is 20.4 Å². The van der Waals surface area contributed by atoms with Crippen molar-refractivity contribution in [3.63, 3.8) is 0 Å². The summed E-state index contributed by atoms with van der Waals surface area (Å²) in [6.45, 7) is 8.85. The molecule has 16 heteroatoms. The highest BCUT2D eigenvalue weighted by molar-refractivity contribution is 8.10. The van der Waals surface area contributed by atoms with E-state index in [4.69, 9.17) is 0 Å². The summed E-state index contributed by atoms with van der Waals surface area (Å²) in [4.78, 5) is 2.06. The normalized spacial score (nSPS) is 12.5. The fourth-order valence-electron chi connectivity index (χ4n) is 1.60. The maximum absolute atomic E-state index is 12.4. The number of hydrogen-bond donors (Lipinski definition) is 1. The van der Waals surface area contributed by atoms with E-state index in [1.807, 2.05) is 0 Å². The zero-order chi connectivity index (χ0) is 24.9. The molecule has 1 rings (SSSR count). The van der Waals surface area contributed by atoms with Crippen LogP contribution in [0.15, 0.2) is 35.2 Å². The molecule has 0 unspecified atom stereocenters. The third-order valence-electron chi connectivity index (χ3n) is 3.15. The van der Waals surface area contributed by atoms with Gasteiger partial charge in [0.2, 0.25) is 10.4 Å². The van der Waals surface area contributed by atoms with E-state index in [0.717, 1.165) is 4.13 Å². The van der Waals surface area contributed by atoms with E-state index in [2.05, 4.69) is 20.8 Å². The molecule has 0 saturated carbocycles. The molecule has 0 bridgehead atoms. The first kappa shape index (κ1) is 32.1. The van der Waals surface area contributed by atoms with Gasteiger partial charge in [-0.2, -0.15) is 22.0 Å². The van der Waals surface area contributed by atoms with Gasteiger partial charge in [0.1, 0.15) is 0 Å². The molecule has 0 spiro atoms. The van der Waals surface area contributed by atoms with Gasteiger partial charge in [0, 0.05) is 4.90 Å². The van der Waals surface area contributed by atoms with Crippen LogP contribution in [0.5, 0.6) is 0 Å². The molecule has 0 atom stereocenters. The number of hydrogen-bond acceptors (Lipinski definition) is 5. The minimum absolute atomic E-state index is 0.238. The summed E-state index contributed by atoms with van der Waals surface area (Å²) in [5.41, 5.74) is -5.91. The molecule has 0 radical (unpaired) electrons. The van der Waals surface area contributed by atoms with Crippen LogP contribution in [-0.4, -0.2) is 53.9 Å². The summed E-state index contributed by atoms with van der Waals surface area (Å²) in [5, 5.41) is -3.30. The maximum Gasteiger partial charge on any atom is 0.480 e. The Morgan fingerprint density at radius 2 is 1.32 bits per heavy atom. The summed E-state index contributed by atoms with van der Waals surface area (Å²) < 4.78 is 121. The number of quaternary nitrogens is 1. The molecule has 0 heterocycles. The molecule has 0 aliphatic heterocycles. The molecule has 0 aromatic heterocycles. The van der Waals surface area contributed by atoms with Gasteiger partial charge >= 0.3 is 10.8 Å². The molecule has 0 amide bonds. The Morgan fingerprint density at radius 3 is 1.55 bits per heavy atom. The van der Waals surface area contributed by atoms with Gasteiger partial charge in [-0.3, -0.25) is 0 Å². The second-order valence-electron chi connectivity index (χ2n) is 5.40. The molecule has 0 aliphatic carbocycles. The minimum atomic E-state index is -6.29. The zero-order valence-electron chi connectivity index (χ0n) is 16.7. The van der Waals surface area contributed by atoms with Crippen LogP contribution < -0.4 is 4.90 Å². The highest BCUT2D eigenvalue weighted by Gasteiger charge is 2.40. The van der Waals surface area contributed by atoms with Crippen LogP contribution in [0.3, 0.4) is 0 Å². The van der Waals surface area contributed by atoms with Crippen LogP contribution in [0.4, 0.5) is 30.2 Å². The quantitative estimate of drug-likeness (QED) is 0.319. The van der Waals surface area contributed by atoms with Crippen molar-refractivity contribution in [2.45, 2.75) is 36.4 Å². The molecule has 1 aromatic carbocycles. The van der Waals surface area contributed by atoms with Gasteiger partial charge in [-0.25, -0.2) is 21.2 Å². The SMILES string of the molecule is CC[NH+](CC)CC.FCC(F)(F)Sc1ccccc1.O=S(=O)(F)[N-]S(=O)(=O)C(F)(F)F. The second kappa shape index (κ2) is 14.1. The van der Waals surface area contributed by atoms with Gasteiger partial charge in [0.05, 0.1) is 19.6 Å². The van der Waals surface area contributed by atoms with Crippen molar-refractivity contribution in [1.29, 1.82) is 0 Å². The van der Waals surface area contributed by atoms with E-state index in [1.165, 1.54) is 31.8 Å². The lowest BCUT2D eigenvalue weighted by Crippen LogP contribution is -3.11. The van der Waals surface area contributed by atoms with Crippen molar-refractivity contribution in [3.05, 3.63) is 34.5 Å². The van der Waals surface area contributed by atoms with Crippen molar-refractivity contribution in [3.8, 4) is 0 Å². The molecule has 0 aliphatic rings. The predicted molar refractivity (Wildman–Crippen MR) is 104 cm³/mol. The van der Waals surface area contributed by atoms with Crippen LogP contribution in [0.2, 0.25) is 0 Å². The fourth-order valence-corrected chi connectivity index (χ4v) is 3.57. The number of thioether (sulfide) groups is 1. The average Bonchev–Trinajstić information content (AvgIpc) is 2.62. The molecule has 0 saturated heterocycles. The predicted octanol–water partition coefficient (Wildman–Crippen LogP) is 3.70. The topological polar surface area (TPSA) is 86.8 Å². The first-order chi connectivity index (χ1) is 13.9. The second-order valence-corrected chi connectivity index (χ2v) is 9.51. The number of alkyl halides is 6. The Morgan fingerprint density at radius 1 is 0.903 bits per heavy atom. The molecular weight excluding hydrogens is 501 g/mol. The minimum Gasteiger partial charge on any atom is -0.400 e. The van der Waals surface area contributed by atoms with E-state index in [0.29, 0.717) is 4.90 Å². The van der Waals surface area contributed by atoms with Crippen LogP contribution in [0.1, 0.15) is 20.8 Å². The molecular formula is C15H23F7N2O4S3. The number of benzene rings is 1. The average molecular weight is 525 g/mol. The van der Waals surface area contributed by atoms with Crippen molar-refractivity contribution in [2.24, 2.45) is 0 Å². The number of nitrogens with one attached hydrogen (secondary N) is 1. The Balaban J connectivity index is 0. The highest BCUT2D eigenvalue weighted by Crippen LogP contribution is 2.35. The first-order valence-corrected chi connectivity index (χ1v) is 12.1. The highest BCUT2D eigenvalue weighted by atomic mass is 32.3. The molecule has 0 fully saturated rings. The maximum atomic E-state index is 12.4. The van der Waals surface area contributed by atoms with E-state index in [-0.39, 0.29) is 11.8 Å². The van der Waals surface area contributed by atoms with Crippen molar-refractivity contribution >= 4 is 32.2 Å². The molecule has 184 valence electrons. The van der Waals surface area contributed by atoms with Gasteiger partial charge in [0.25, 0.3) is 0 Å². The summed E-state index contributed by atoms with van der Waals surface area (Å²) in [7, 11) is -12.3. The summed E-state index contributed by atoms with van der Waals surface area (Å²) in [6.07, 6.45) is 0. The number of sulfonamides is 1. The number of nitrogens with zero attached hydrogens (tertiary/aromatic N) is 1. The van der Waals surface area contributed by atoms with Crippen LogP contribution in [0, 0.1) is 0 Å². The Hall–Kier alpha value is -1.10. The van der Waals surface area contributed by atoms with E-state index in [9.17, 15) is 47.1 Å². The largest absolute Gasteiger partial charge is 0.480 e. The van der Waals surface area contributed by atoms with Crippen LogP contribution >= 0.6 is 11.8 Å². The Labute approximate surface area is 181 Å². The monoisotopic (exact) mass is 524 g/mol. The van der Waals surface area contributed by atoms with Crippen molar-refractivity contribution < 1.29 is 52.0 Å². The first-order valence-electron chi connectivity index (χ1n) is 8.46. The number of halogens is 7. The van der Waals surface area contributed by atoms with Crippen molar-refractivity contribution in [1.82, 2.24) is 0 Å². The Kier molecular flexibility index (Phi) is 14.6. The molecule has 1 N–H and O–H groups in total. The van der Waals surface area contributed by atoms with E-state index >= 15 is 0 Å². The third kappa shape index (κ3) is 16.2. The van der Waals surface area contributed by atoms with Gasteiger partial charge in [-0.05, 0) is 44.7 Å². The lowest BCUT2D eigenvalue weighted by Gasteiger charge is -2.16. The molecule has 6 nitrogen and oxygen atoms in total. The zero-order valence-corrected chi connectivity index (χ0v) is 19.1. The number of rotatable bonds is 8. The Bertz CT molecular complexity index is 811. The van der Waals surface area contributed by atoms with Crippen molar-refractivity contribution in [2.75, 3.05) is 26.3 Å². The standard InChI is InChI=1S/C8H7F3S.C6H15N.CF4NO4S2/c9-6-8(10,11)12-7-4-2-1-3-5-7;1-4-7(5-2)6-3;2-1(3,4)11(7,8)6-12(5,9)10/h1-5H,6H2;4-6H2,1-3H3;/q;;-1/p+1. The van der Waals surface area contributed by atoms with Gasteiger partial charge < -0.3 is 9.03 Å². The summed E-state index contributed by atoms with van der Waals surface area (Å²) >= 11 is 0.238. The van der Waals surface area contributed by atoms with Gasteiger partial charge in [-0.15, -0.1) is 3.89 Å². The molecule has 1 aromatic rings. The van der Waals surface area contributed by atoms with Crippen LogP contribution in [0.25, 0.3) is 4.13 Å². The van der Waals surface area contributed by atoms with E-state index in [1.54, 1.807) is 23.1 Å². The summed E-state index contributed by atoms with van der Waals surface area (Å²) in [6, 6.07) is 8.04.